The Morgan fingerprint density at radius 1 is 1.20 bits per heavy atom. The van der Waals surface area contributed by atoms with Crippen molar-refractivity contribution in [3.63, 3.8) is 0 Å². The molecule has 1 saturated carbocycles. The van der Waals surface area contributed by atoms with Gasteiger partial charge in [-0.3, -0.25) is 0 Å². The average Bonchev–Trinajstić information content (AvgIpc) is 3.27. The molecule has 1 N–H and O–H groups in total. The van der Waals surface area contributed by atoms with E-state index >= 15 is 0 Å². The van der Waals surface area contributed by atoms with Crippen LogP contribution in [0.4, 0.5) is 4.39 Å². The molecule has 2 heteroatoms. The summed E-state index contributed by atoms with van der Waals surface area (Å²) in [6.45, 7) is 1.95. The van der Waals surface area contributed by atoms with E-state index < -0.39 is 6.10 Å². The maximum Gasteiger partial charge on any atom is 0.123 e. The standard InChI is InChI=1S/C18H19FO/c1-12-5-8-17(19)10-16(12)11-18(20)15-4-2-3-14(9-15)13-6-7-13/h2-5,8-10,13,18,20H,6-7,11H2,1H3. The van der Waals surface area contributed by atoms with E-state index in [1.54, 1.807) is 6.07 Å². The molecule has 0 saturated heterocycles. The lowest BCUT2D eigenvalue weighted by Gasteiger charge is -2.14. The maximum absolute atomic E-state index is 13.3. The Bertz CT molecular complexity index is 617. The molecule has 1 atom stereocenters. The van der Waals surface area contributed by atoms with Crippen molar-refractivity contribution >= 4 is 0 Å². The highest BCUT2D eigenvalue weighted by Gasteiger charge is 2.24. The molecule has 1 aliphatic carbocycles. The van der Waals surface area contributed by atoms with E-state index in [4.69, 9.17) is 0 Å². The predicted octanol–water partition coefficient (Wildman–Crippen LogP) is 4.29. The van der Waals surface area contributed by atoms with Gasteiger partial charge in [0.15, 0.2) is 0 Å². The summed E-state index contributed by atoms with van der Waals surface area (Å²) < 4.78 is 13.3. The highest BCUT2D eigenvalue weighted by atomic mass is 19.1. The van der Waals surface area contributed by atoms with Crippen molar-refractivity contribution < 1.29 is 9.50 Å². The molecule has 2 aromatic rings. The average molecular weight is 270 g/mol. The minimum Gasteiger partial charge on any atom is -0.388 e. The molecule has 0 heterocycles. The van der Waals surface area contributed by atoms with Gasteiger partial charge in [-0.1, -0.05) is 30.3 Å². The van der Waals surface area contributed by atoms with E-state index in [-0.39, 0.29) is 5.82 Å². The minimum absolute atomic E-state index is 0.246. The Hall–Kier alpha value is -1.67. The van der Waals surface area contributed by atoms with Crippen molar-refractivity contribution in [2.24, 2.45) is 0 Å². The third kappa shape index (κ3) is 2.91. The number of aliphatic hydroxyl groups excluding tert-OH is 1. The molecule has 104 valence electrons. The second-order valence-corrected chi connectivity index (χ2v) is 5.74. The third-order valence-corrected chi connectivity index (χ3v) is 4.07. The molecule has 1 nitrogen and oxygen atoms in total. The van der Waals surface area contributed by atoms with Crippen LogP contribution in [0.2, 0.25) is 0 Å². The van der Waals surface area contributed by atoms with Crippen molar-refractivity contribution in [1.82, 2.24) is 0 Å². The Kier molecular flexibility index (Phi) is 3.58. The molecule has 1 fully saturated rings. The van der Waals surface area contributed by atoms with Crippen LogP contribution in [0.5, 0.6) is 0 Å². The fraction of sp³-hybridized carbons (Fsp3) is 0.333. The third-order valence-electron chi connectivity index (χ3n) is 4.07. The quantitative estimate of drug-likeness (QED) is 0.878. The number of aliphatic hydroxyl groups is 1. The van der Waals surface area contributed by atoms with Crippen LogP contribution in [0.15, 0.2) is 42.5 Å². The summed E-state index contributed by atoms with van der Waals surface area (Å²) in [5, 5.41) is 10.4. The topological polar surface area (TPSA) is 20.2 Å². The van der Waals surface area contributed by atoms with Gasteiger partial charge < -0.3 is 5.11 Å². The van der Waals surface area contributed by atoms with Crippen LogP contribution in [0.25, 0.3) is 0 Å². The second kappa shape index (κ2) is 5.37. The Labute approximate surface area is 119 Å². The van der Waals surface area contributed by atoms with Crippen LogP contribution >= 0.6 is 0 Å². The lowest BCUT2D eigenvalue weighted by molar-refractivity contribution is 0.178. The van der Waals surface area contributed by atoms with E-state index in [2.05, 4.69) is 12.1 Å². The van der Waals surface area contributed by atoms with Crippen LogP contribution in [0.1, 0.15) is 47.1 Å². The van der Waals surface area contributed by atoms with Crippen LogP contribution in [0.3, 0.4) is 0 Å². The van der Waals surface area contributed by atoms with Crippen molar-refractivity contribution in [3.05, 3.63) is 70.5 Å². The van der Waals surface area contributed by atoms with Gasteiger partial charge in [0.05, 0.1) is 6.10 Å². The van der Waals surface area contributed by atoms with Gasteiger partial charge in [-0.25, -0.2) is 4.39 Å². The van der Waals surface area contributed by atoms with Gasteiger partial charge in [0.25, 0.3) is 0 Å². The Morgan fingerprint density at radius 3 is 2.75 bits per heavy atom. The van der Waals surface area contributed by atoms with E-state index in [1.165, 1.54) is 30.5 Å². The van der Waals surface area contributed by atoms with Crippen molar-refractivity contribution in [1.29, 1.82) is 0 Å². The molecular formula is C18H19FO. The summed E-state index contributed by atoms with van der Waals surface area (Å²) in [5.74, 6) is 0.433. The predicted molar refractivity (Wildman–Crippen MR) is 78.2 cm³/mol. The molecule has 1 unspecified atom stereocenters. The molecule has 0 aliphatic heterocycles. The molecule has 0 radical (unpaired) electrons. The summed E-state index contributed by atoms with van der Waals surface area (Å²) in [5.41, 5.74) is 4.13. The van der Waals surface area contributed by atoms with Crippen LogP contribution in [-0.4, -0.2) is 5.11 Å². The first-order valence-corrected chi connectivity index (χ1v) is 7.16. The fourth-order valence-corrected chi connectivity index (χ4v) is 2.62. The number of halogens is 1. The van der Waals surface area contributed by atoms with Crippen LogP contribution in [-0.2, 0) is 6.42 Å². The van der Waals surface area contributed by atoms with Gasteiger partial charge in [-0.15, -0.1) is 0 Å². The highest BCUT2D eigenvalue weighted by Crippen LogP contribution is 2.40. The van der Waals surface area contributed by atoms with E-state index in [9.17, 15) is 9.50 Å². The second-order valence-electron chi connectivity index (χ2n) is 5.74. The van der Waals surface area contributed by atoms with Gasteiger partial charge in [-0.2, -0.15) is 0 Å². The molecule has 2 aromatic carbocycles. The number of hydrogen-bond donors (Lipinski definition) is 1. The largest absolute Gasteiger partial charge is 0.388 e. The lowest BCUT2D eigenvalue weighted by Crippen LogP contribution is -2.04. The summed E-state index contributed by atoms with van der Waals surface area (Å²) in [7, 11) is 0. The normalized spacial score (nSPS) is 16.1. The molecule has 0 aromatic heterocycles. The maximum atomic E-state index is 13.3. The first kappa shape index (κ1) is 13.3. The number of rotatable bonds is 4. The number of aryl methyl sites for hydroxylation is 1. The van der Waals surface area contributed by atoms with Crippen LogP contribution in [0, 0.1) is 12.7 Å². The highest BCUT2D eigenvalue weighted by molar-refractivity contribution is 5.33. The van der Waals surface area contributed by atoms with E-state index in [0.717, 1.165) is 16.7 Å². The molecule has 20 heavy (non-hydrogen) atoms. The number of hydrogen-bond acceptors (Lipinski definition) is 1. The van der Waals surface area contributed by atoms with E-state index in [1.807, 2.05) is 19.1 Å². The summed E-state index contributed by atoms with van der Waals surface area (Å²) >= 11 is 0. The van der Waals surface area contributed by atoms with Gasteiger partial charge in [0.1, 0.15) is 5.82 Å². The Balaban J connectivity index is 1.80. The first-order valence-electron chi connectivity index (χ1n) is 7.16. The molecule has 1 aliphatic rings. The summed E-state index contributed by atoms with van der Waals surface area (Å²) in [4.78, 5) is 0. The van der Waals surface area contributed by atoms with Gasteiger partial charge in [0.2, 0.25) is 0 Å². The van der Waals surface area contributed by atoms with Gasteiger partial charge in [0, 0.05) is 6.42 Å². The lowest BCUT2D eigenvalue weighted by atomic mass is 9.96. The molecule has 0 bridgehead atoms. The molecule has 3 rings (SSSR count). The molecule has 0 amide bonds. The Morgan fingerprint density at radius 2 is 2.00 bits per heavy atom. The zero-order chi connectivity index (χ0) is 14.1. The SMILES string of the molecule is Cc1ccc(F)cc1CC(O)c1cccc(C2CC2)c1. The fourth-order valence-electron chi connectivity index (χ4n) is 2.62. The summed E-state index contributed by atoms with van der Waals surface area (Å²) in [6.07, 6.45) is 2.39. The van der Waals surface area contributed by atoms with E-state index in [0.29, 0.717) is 12.3 Å². The first-order chi connectivity index (χ1) is 9.63. The smallest absolute Gasteiger partial charge is 0.123 e. The summed E-state index contributed by atoms with van der Waals surface area (Å²) in [6, 6.07) is 12.9. The monoisotopic (exact) mass is 270 g/mol. The van der Waals surface area contributed by atoms with Crippen molar-refractivity contribution in [3.8, 4) is 0 Å². The zero-order valence-corrected chi connectivity index (χ0v) is 11.6. The molecule has 0 spiro atoms. The van der Waals surface area contributed by atoms with Crippen molar-refractivity contribution in [2.75, 3.05) is 0 Å². The minimum atomic E-state index is -0.575. The van der Waals surface area contributed by atoms with Crippen LogP contribution < -0.4 is 0 Å². The van der Waals surface area contributed by atoms with Crippen molar-refractivity contribution in [2.45, 2.75) is 38.2 Å². The van der Waals surface area contributed by atoms with Gasteiger partial charge in [-0.05, 0) is 60.1 Å². The molecular weight excluding hydrogens is 251 g/mol. The zero-order valence-electron chi connectivity index (χ0n) is 11.6. The van der Waals surface area contributed by atoms with Gasteiger partial charge >= 0.3 is 0 Å². The number of benzene rings is 2.